The lowest BCUT2D eigenvalue weighted by Gasteiger charge is -2.27. The Morgan fingerprint density at radius 2 is 1.97 bits per heavy atom. The molecule has 2 atom stereocenters. The van der Waals surface area contributed by atoms with E-state index in [-0.39, 0.29) is 18.1 Å². The van der Waals surface area contributed by atoms with Crippen molar-refractivity contribution in [3.63, 3.8) is 0 Å². The summed E-state index contributed by atoms with van der Waals surface area (Å²) < 4.78 is 16.2. The van der Waals surface area contributed by atoms with Crippen molar-refractivity contribution in [3.8, 4) is 17.2 Å². The maximum absolute atomic E-state index is 12.9. The number of methoxy groups -OCH3 is 1. The molecule has 2 saturated heterocycles. The van der Waals surface area contributed by atoms with Crippen molar-refractivity contribution in [2.75, 3.05) is 40.1 Å². The standard InChI is InChI=1S/C24H30N4O4/c1-30-19-5-2-4-17(12-19)13-24(29)28-9-3-8-27(10-11-28)23-15-20(25-26-23)18-6-7-21-22(14-18)32-16-31-21/h2,4-7,12,14,20,23,25-26H,3,8-11,13,15-16H2,1H3. The second kappa shape index (κ2) is 9.36. The van der Waals surface area contributed by atoms with E-state index < -0.39 is 0 Å². The van der Waals surface area contributed by atoms with Crippen LogP contribution in [0.4, 0.5) is 0 Å². The van der Waals surface area contributed by atoms with E-state index in [1.54, 1.807) is 7.11 Å². The zero-order valence-corrected chi connectivity index (χ0v) is 18.4. The Kier molecular flexibility index (Phi) is 6.16. The summed E-state index contributed by atoms with van der Waals surface area (Å²) in [5.41, 5.74) is 9.06. The van der Waals surface area contributed by atoms with E-state index >= 15 is 0 Å². The topological polar surface area (TPSA) is 75.3 Å². The van der Waals surface area contributed by atoms with Crippen LogP contribution < -0.4 is 25.1 Å². The Morgan fingerprint density at radius 1 is 1.06 bits per heavy atom. The molecule has 2 aromatic rings. The molecule has 170 valence electrons. The van der Waals surface area contributed by atoms with E-state index in [9.17, 15) is 4.79 Å². The number of carbonyl (C=O) groups is 1. The molecule has 8 heteroatoms. The molecule has 2 aromatic carbocycles. The molecule has 0 aliphatic carbocycles. The molecule has 5 rings (SSSR count). The second-order valence-corrected chi connectivity index (χ2v) is 8.50. The van der Waals surface area contributed by atoms with Crippen molar-refractivity contribution in [1.82, 2.24) is 20.7 Å². The zero-order valence-electron chi connectivity index (χ0n) is 18.4. The molecule has 0 radical (unpaired) electrons. The highest BCUT2D eigenvalue weighted by molar-refractivity contribution is 5.79. The van der Waals surface area contributed by atoms with E-state index in [4.69, 9.17) is 14.2 Å². The quantitative estimate of drug-likeness (QED) is 0.740. The molecule has 3 aliphatic rings. The molecule has 2 fully saturated rings. The van der Waals surface area contributed by atoms with Crippen LogP contribution in [-0.4, -0.2) is 62.0 Å². The summed E-state index contributed by atoms with van der Waals surface area (Å²) in [6.07, 6.45) is 2.57. The van der Waals surface area contributed by atoms with Crippen molar-refractivity contribution >= 4 is 5.91 Å². The Bertz CT molecular complexity index is 969. The van der Waals surface area contributed by atoms with Crippen LogP contribution in [0.5, 0.6) is 17.2 Å². The Morgan fingerprint density at radius 3 is 2.88 bits per heavy atom. The van der Waals surface area contributed by atoms with Crippen LogP contribution in [0.25, 0.3) is 0 Å². The van der Waals surface area contributed by atoms with Gasteiger partial charge in [0.1, 0.15) is 5.75 Å². The van der Waals surface area contributed by atoms with E-state index in [1.807, 2.05) is 35.2 Å². The third kappa shape index (κ3) is 4.53. The van der Waals surface area contributed by atoms with E-state index in [2.05, 4.69) is 27.9 Å². The first-order valence-electron chi connectivity index (χ1n) is 11.2. The number of ether oxygens (including phenoxy) is 3. The van der Waals surface area contributed by atoms with Crippen molar-refractivity contribution in [2.45, 2.75) is 31.5 Å². The van der Waals surface area contributed by atoms with Crippen molar-refractivity contribution in [3.05, 3.63) is 53.6 Å². The van der Waals surface area contributed by atoms with Crippen LogP contribution in [0.3, 0.4) is 0 Å². The molecule has 1 amide bonds. The normalized spacial score (nSPS) is 23.2. The average molecular weight is 439 g/mol. The lowest BCUT2D eigenvalue weighted by molar-refractivity contribution is -0.130. The van der Waals surface area contributed by atoms with Gasteiger partial charge in [-0.2, -0.15) is 0 Å². The van der Waals surface area contributed by atoms with Gasteiger partial charge in [0.2, 0.25) is 12.7 Å². The molecule has 8 nitrogen and oxygen atoms in total. The van der Waals surface area contributed by atoms with Gasteiger partial charge in [-0.05, 0) is 48.2 Å². The van der Waals surface area contributed by atoms with Gasteiger partial charge in [-0.15, -0.1) is 0 Å². The second-order valence-electron chi connectivity index (χ2n) is 8.50. The fourth-order valence-corrected chi connectivity index (χ4v) is 4.69. The summed E-state index contributed by atoms with van der Waals surface area (Å²) >= 11 is 0. The fraction of sp³-hybridized carbons (Fsp3) is 0.458. The van der Waals surface area contributed by atoms with Gasteiger partial charge < -0.3 is 19.1 Å². The van der Waals surface area contributed by atoms with Gasteiger partial charge in [-0.1, -0.05) is 18.2 Å². The molecule has 0 aromatic heterocycles. The SMILES string of the molecule is COc1cccc(CC(=O)N2CCCN(C3CC(c4ccc5c(c4)OCO5)NN3)CC2)c1. The molecule has 32 heavy (non-hydrogen) atoms. The highest BCUT2D eigenvalue weighted by atomic mass is 16.7. The Balaban J connectivity index is 1.15. The van der Waals surface area contributed by atoms with Crippen LogP contribution in [0, 0.1) is 0 Å². The first kappa shape index (κ1) is 21.1. The molecule has 3 aliphatic heterocycles. The number of benzene rings is 2. The maximum atomic E-state index is 12.9. The van der Waals surface area contributed by atoms with Gasteiger partial charge in [-0.25, -0.2) is 10.9 Å². The maximum Gasteiger partial charge on any atom is 0.231 e. The van der Waals surface area contributed by atoms with Gasteiger partial charge in [0.25, 0.3) is 0 Å². The fourth-order valence-electron chi connectivity index (χ4n) is 4.69. The number of fused-ring (bicyclic) bond motifs is 1. The molecule has 2 N–H and O–H groups in total. The Labute approximate surface area is 188 Å². The number of nitrogens with one attached hydrogen (secondary N) is 2. The van der Waals surface area contributed by atoms with Crippen LogP contribution in [-0.2, 0) is 11.2 Å². The molecule has 0 spiro atoms. The average Bonchev–Trinajstić information content (AvgIpc) is 3.43. The van der Waals surface area contributed by atoms with Gasteiger partial charge in [0, 0.05) is 32.2 Å². The number of amides is 1. The molecule has 2 unspecified atom stereocenters. The zero-order chi connectivity index (χ0) is 21.9. The predicted molar refractivity (Wildman–Crippen MR) is 119 cm³/mol. The minimum absolute atomic E-state index is 0.177. The largest absolute Gasteiger partial charge is 0.497 e. The monoisotopic (exact) mass is 438 g/mol. The smallest absolute Gasteiger partial charge is 0.231 e. The highest BCUT2D eigenvalue weighted by Gasteiger charge is 2.32. The lowest BCUT2D eigenvalue weighted by atomic mass is 10.0. The molecular formula is C24H30N4O4. The van der Waals surface area contributed by atoms with E-state index in [0.717, 1.165) is 61.8 Å². The molecule has 3 heterocycles. The molecular weight excluding hydrogens is 408 g/mol. The summed E-state index contributed by atoms with van der Waals surface area (Å²) in [5, 5.41) is 0. The molecule has 0 bridgehead atoms. The van der Waals surface area contributed by atoms with E-state index in [1.165, 1.54) is 5.56 Å². The predicted octanol–water partition coefficient (Wildman–Crippen LogP) is 2.07. The number of hydrazine groups is 1. The van der Waals surface area contributed by atoms with Crippen molar-refractivity contribution in [2.24, 2.45) is 0 Å². The number of carbonyl (C=O) groups excluding carboxylic acids is 1. The third-order valence-electron chi connectivity index (χ3n) is 6.50. The summed E-state index contributed by atoms with van der Waals surface area (Å²) in [7, 11) is 1.65. The summed E-state index contributed by atoms with van der Waals surface area (Å²) in [4.78, 5) is 17.3. The van der Waals surface area contributed by atoms with Gasteiger partial charge in [0.15, 0.2) is 11.5 Å². The van der Waals surface area contributed by atoms with Crippen LogP contribution in [0.15, 0.2) is 42.5 Å². The Hall–Kier alpha value is -2.81. The van der Waals surface area contributed by atoms with E-state index in [0.29, 0.717) is 13.2 Å². The number of hydrogen-bond acceptors (Lipinski definition) is 7. The summed E-state index contributed by atoms with van der Waals surface area (Å²) in [6.45, 7) is 3.66. The third-order valence-corrected chi connectivity index (χ3v) is 6.50. The van der Waals surface area contributed by atoms with Gasteiger partial charge in [-0.3, -0.25) is 9.69 Å². The summed E-state index contributed by atoms with van der Waals surface area (Å²) in [5.74, 6) is 2.58. The van der Waals surface area contributed by atoms with Crippen LogP contribution in [0.2, 0.25) is 0 Å². The number of nitrogens with zero attached hydrogens (tertiary/aromatic N) is 2. The van der Waals surface area contributed by atoms with Crippen LogP contribution >= 0.6 is 0 Å². The van der Waals surface area contributed by atoms with Crippen LogP contribution in [0.1, 0.15) is 30.0 Å². The van der Waals surface area contributed by atoms with Crippen molar-refractivity contribution < 1.29 is 19.0 Å². The minimum Gasteiger partial charge on any atom is -0.497 e. The minimum atomic E-state index is 0.177. The summed E-state index contributed by atoms with van der Waals surface area (Å²) in [6, 6.07) is 14.1. The van der Waals surface area contributed by atoms with Gasteiger partial charge in [0.05, 0.1) is 19.7 Å². The van der Waals surface area contributed by atoms with Crippen molar-refractivity contribution in [1.29, 1.82) is 0 Å². The number of rotatable bonds is 5. The highest BCUT2D eigenvalue weighted by Crippen LogP contribution is 2.36. The first-order valence-corrected chi connectivity index (χ1v) is 11.2. The van der Waals surface area contributed by atoms with Gasteiger partial charge >= 0.3 is 0 Å². The lowest BCUT2D eigenvalue weighted by Crippen LogP contribution is -2.46. The first-order chi connectivity index (χ1) is 15.7. The molecule has 0 saturated carbocycles. The number of hydrogen-bond donors (Lipinski definition) is 2.